The molecule has 1 aromatic heterocycles. The zero-order valence-electron chi connectivity index (χ0n) is 17.5. The largest absolute Gasteiger partial charge is 0.389 e. The molecule has 0 aliphatic carbocycles. The number of hydrogen-bond donors (Lipinski definition) is 3. The van der Waals surface area contributed by atoms with Crippen molar-refractivity contribution in [1.29, 1.82) is 10.5 Å². The third-order valence-corrected chi connectivity index (χ3v) is 4.69. The zero-order valence-corrected chi connectivity index (χ0v) is 17.5. The highest BCUT2D eigenvalue weighted by Gasteiger charge is 2.15. The number of nitrogens with zero attached hydrogens (tertiary/aromatic N) is 4. The fourth-order valence-corrected chi connectivity index (χ4v) is 3.16. The number of aliphatic hydroxyl groups excluding tert-OH is 1. The maximum absolute atomic E-state index is 10.2. The smallest absolute Gasteiger partial charge is 0.229 e. The van der Waals surface area contributed by atoms with Crippen molar-refractivity contribution in [2.75, 3.05) is 10.6 Å². The summed E-state index contributed by atoms with van der Waals surface area (Å²) in [6.45, 7) is 5.60. The second kappa shape index (κ2) is 9.53. The SMILES string of the molecule is Cc1cc(/C=C/C#N)cc(C)c1Nc1nc(Nc2ccc(C#N)cc2)ncc1C(C)O. The van der Waals surface area contributed by atoms with E-state index in [-0.39, 0.29) is 0 Å². The first-order valence-corrected chi connectivity index (χ1v) is 9.68. The minimum atomic E-state index is -0.759. The van der Waals surface area contributed by atoms with Crippen LogP contribution in [-0.4, -0.2) is 15.1 Å². The summed E-state index contributed by atoms with van der Waals surface area (Å²) in [7, 11) is 0. The van der Waals surface area contributed by atoms with Crippen molar-refractivity contribution in [3.63, 3.8) is 0 Å². The van der Waals surface area contributed by atoms with E-state index in [1.165, 1.54) is 6.08 Å². The van der Waals surface area contributed by atoms with Crippen LogP contribution in [0.25, 0.3) is 6.08 Å². The number of allylic oxidation sites excluding steroid dienone is 1. The quantitative estimate of drug-likeness (QED) is 0.487. The number of anilines is 4. The first-order chi connectivity index (χ1) is 14.9. The zero-order chi connectivity index (χ0) is 22.4. The summed E-state index contributed by atoms with van der Waals surface area (Å²) in [5.41, 5.74) is 5.65. The number of aliphatic hydroxyl groups is 1. The fraction of sp³-hybridized carbons (Fsp3) is 0.167. The van der Waals surface area contributed by atoms with Crippen molar-refractivity contribution < 1.29 is 5.11 Å². The topological polar surface area (TPSA) is 118 Å². The molecule has 3 N–H and O–H groups in total. The average Bonchev–Trinajstić information content (AvgIpc) is 2.75. The van der Waals surface area contributed by atoms with Gasteiger partial charge in [0, 0.05) is 29.2 Å². The lowest BCUT2D eigenvalue weighted by Gasteiger charge is -2.18. The molecule has 0 saturated carbocycles. The van der Waals surface area contributed by atoms with Crippen LogP contribution >= 0.6 is 0 Å². The van der Waals surface area contributed by atoms with Crippen LogP contribution in [-0.2, 0) is 0 Å². The molecule has 154 valence electrons. The van der Waals surface area contributed by atoms with Crippen molar-refractivity contribution in [1.82, 2.24) is 9.97 Å². The van der Waals surface area contributed by atoms with E-state index >= 15 is 0 Å². The van der Waals surface area contributed by atoms with Crippen LogP contribution in [0.4, 0.5) is 23.1 Å². The minimum Gasteiger partial charge on any atom is -0.389 e. The molecule has 7 nitrogen and oxygen atoms in total. The predicted molar refractivity (Wildman–Crippen MR) is 121 cm³/mol. The van der Waals surface area contributed by atoms with Gasteiger partial charge in [-0.2, -0.15) is 15.5 Å². The van der Waals surface area contributed by atoms with E-state index in [1.807, 2.05) is 32.0 Å². The van der Waals surface area contributed by atoms with Gasteiger partial charge in [-0.05, 0) is 79.9 Å². The van der Waals surface area contributed by atoms with E-state index in [2.05, 4.69) is 26.7 Å². The molecule has 7 heteroatoms. The Bertz CT molecular complexity index is 1180. The molecule has 0 fully saturated rings. The van der Waals surface area contributed by atoms with E-state index in [0.29, 0.717) is 22.9 Å². The minimum absolute atomic E-state index is 0.362. The van der Waals surface area contributed by atoms with Gasteiger partial charge in [0.2, 0.25) is 5.95 Å². The lowest BCUT2D eigenvalue weighted by atomic mass is 10.0. The maximum Gasteiger partial charge on any atom is 0.229 e. The first kappa shape index (κ1) is 21.5. The molecule has 31 heavy (non-hydrogen) atoms. The standard InChI is InChI=1S/C24H22N6O/c1-15-11-19(5-4-10-25)12-16(2)22(15)29-23-21(17(3)31)14-27-24(30-23)28-20-8-6-18(13-26)7-9-20/h4-9,11-12,14,17,31H,1-3H3,(H2,27,28,29,30)/b5-4+. The Hall–Kier alpha value is -4.20. The third-order valence-electron chi connectivity index (χ3n) is 4.69. The van der Waals surface area contributed by atoms with E-state index in [0.717, 1.165) is 28.1 Å². The van der Waals surface area contributed by atoms with Gasteiger partial charge in [0.25, 0.3) is 0 Å². The summed E-state index contributed by atoms with van der Waals surface area (Å²) < 4.78 is 0. The van der Waals surface area contributed by atoms with Crippen molar-refractivity contribution >= 4 is 29.2 Å². The maximum atomic E-state index is 10.2. The molecular weight excluding hydrogens is 388 g/mol. The molecule has 1 unspecified atom stereocenters. The number of aromatic nitrogens is 2. The van der Waals surface area contributed by atoms with Crippen molar-refractivity contribution in [2.24, 2.45) is 0 Å². The molecule has 3 rings (SSSR count). The molecule has 2 aromatic carbocycles. The Balaban J connectivity index is 1.94. The van der Waals surface area contributed by atoms with Gasteiger partial charge in [0.15, 0.2) is 0 Å². The molecule has 1 atom stereocenters. The van der Waals surface area contributed by atoms with Crippen molar-refractivity contribution in [3.05, 3.63) is 76.5 Å². The van der Waals surface area contributed by atoms with Crippen LogP contribution in [0.3, 0.4) is 0 Å². The molecule has 0 radical (unpaired) electrons. The molecular formula is C24H22N6O. The van der Waals surface area contributed by atoms with E-state index in [9.17, 15) is 5.11 Å². The van der Waals surface area contributed by atoms with Gasteiger partial charge < -0.3 is 15.7 Å². The second-order valence-electron chi connectivity index (χ2n) is 7.10. The summed E-state index contributed by atoms with van der Waals surface area (Å²) in [6.07, 6.45) is 4.03. The summed E-state index contributed by atoms with van der Waals surface area (Å²) in [5, 5.41) is 34.3. The predicted octanol–water partition coefficient (Wildman–Crippen LogP) is 5.04. The van der Waals surface area contributed by atoms with E-state index in [1.54, 1.807) is 43.5 Å². The highest BCUT2D eigenvalue weighted by Crippen LogP contribution is 2.30. The Labute approximate surface area is 181 Å². The highest BCUT2D eigenvalue weighted by molar-refractivity contribution is 5.70. The van der Waals surface area contributed by atoms with Gasteiger partial charge in [-0.15, -0.1) is 0 Å². The Morgan fingerprint density at radius 1 is 1.06 bits per heavy atom. The van der Waals surface area contributed by atoms with Gasteiger partial charge in [-0.25, -0.2) is 4.98 Å². The van der Waals surface area contributed by atoms with Gasteiger partial charge in [0.1, 0.15) is 5.82 Å². The van der Waals surface area contributed by atoms with Gasteiger partial charge in [-0.1, -0.05) is 0 Å². The second-order valence-corrected chi connectivity index (χ2v) is 7.10. The Morgan fingerprint density at radius 3 is 2.32 bits per heavy atom. The van der Waals surface area contributed by atoms with Crippen molar-refractivity contribution in [2.45, 2.75) is 26.9 Å². The number of rotatable bonds is 6. The van der Waals surface area contributed by atoms with Crippen LogP contribution in [0, 0.1) is 36.5 Å². The molecule has 0 bridgehead atoms. The number of hydrogen-bond acceptors (Lipinski definition) is 7. The van der Waals surface area contributed by atoms with Crippen LogP contribution < -0.4 is 10.6 Å². The molecule has 1 heterocycles. The van der Waals surface area contributed by atoms with Gasteiger partial charge in [0.05, 0.1) is 23.8 Å². The Kier molecular flexibility index (Phi) is 6.61. The Morgan fingerprint density at radius 2 is 1.74 bits per heavy atom. The summed E-state index contributed by atoms with van der Waals surface area (Å²) in [6, 6.07) is 15.0. The van der Waals surface area contributed by atoms with Crippen LogP contribution in [0.5, 0.6) is 0 Å². The molecule has 0 aliphatic heterocycles. The van der Waals surface area contributed by atoms with E-state index in [4.69, 9.17) is 10.5 Å². The fourth-order valence-electron chi connectivity index (χ4n) is 3.16. The number of nitriles is 2. The highest BCUT2D eigenvalue weighted by atomic mass is 16.3. The molecule has 0 saturated heterocycles. The molecule has 0 spiro atoms. The van der Waals surface area contributed by atoms with Crippen LogP contribution in [0.2, 0.25) is 0 Å². The molecule has 0 amide bonds. The summed E-state index contributed by atoms with van der Waals surface area (Å²) in [5.74, 6) is 0.855. The first-order valence-electron chi connectivity index (χ1n) is 9.68. The lowest BCUT2D eigenvalue weighted by molar-refractivity contribution is 0.199. The monoisotopic (exact) mass is 410 g/mol. The van der Waals surface area contributed by atoms with Gasteiger partial charge in [-0.3, -0.25) is 0 Å². The van der Waals surface area contributed by atoms with E-state index < -0.39 is 6.10 Å². The third kappa shape index (κ3) is 5.24. The van der Waals surface area contributed by atoms with Crippen LogP contribution in [0.1, 0.15) is 40.8 Å². The van der Waals surface area contributed by atoms with Crippen LogP contribution in [0.15, 0.2) is 48.7 Å². The van der Waals surface area contributed by atoms with Crippen molar-refractivity contribution in [3.8, 4) is 12.1 Å². The average molecular weight is 410 g/mol. The number of nitrogens with one attached hydrogen (secondary N) is 2. The normalized spacial score (nSPS) is 11.5. The van der Waals surface area contributed by atoms with Gasteiger partial charge >= 0.3 is 0 Å². The number of benzene rings is 2. The molecule has 0 aliphatic rings. The molecule has 3 aromatic rings. The summed E-state index contributed by atoms with van der Waals surface area (Å²) in [4.78, 5) is 8.87. The lowest BCUT2D eigenvalue weighted by Crippen LogP contribution is -2.08. The summed E-state index contributed by atoms with van der Waals surface area (Å²) >= 11 is 0. The number of aryl methyl sites for hydroxylation is 2.